The van der Waals surface area contributed by atoms with Gasteiger partial charge >= 0.3 is 0 Å². The number of H-pyrrole nitrogens is 1. The third-order valence-electron chi connectivity index (χ3n) is 5.29. The van der Waals surface area contributed by atoms with Gasteiger partial charge in [-0.15, -0.1) is 0 Å². The van der Waals surface area contributed by atoms with Crippen molar-refractivity contribution >= 4 is 11.0 Å². The summed E-state index contributed by atoms with van der Waals surface area (Å²) in [4.78, 5) is 10.7. The molecule has 1 saturated heterocycles. The van der Waals surface area contributed by atoms with Crippen molar-refractivity contribution in [3.05, 3.63) is 41.7 Å². The van der Waals surface area contributed by atoms with Gasteiger partial charge in [-0.25, -0.2) is 4.98 Å². The number of likely N-dealkylation sites (N-methyl/N-ethyl adjacent to an activating group) is 1. The Labute approximate surface area is 148 Å². The van der Waals surface area contributed by atoms with E-state index in [1.165, 1.54) is 37.1 Å². The monoisotopic (exact) mass is 338 g/mol. The predicted molar refractivity (Wildman–Crippen MR) is 101 cm³/mol. The third-order valence-corrected chi connectivity index (χ3v) is 5.29. The van der Waals surface area contributed by atoms with E-state index in [0.29, 0.717) is 5.92 Å². The lowest BCUT2D eigenvalue weighted by molar-refractivity contribution is 0.214. The highest BCUT2D eigenvalue weighted by Crippen LogP contribution is 2.32. The molecule has 0 bridgehead atoms. The number of aromatic amines is 1. The van der Waals surface area contributed by atoms with Crippen LogP contribution in [0, 0.1) is 6.92 Å². The second-order valence-electron chi connectivity index (χ2n) is 7.02. The van der Waals surface area contributed by atoms with Crippen LogP contribution in [0.4, 0.5) is 0 Å². The van der Waals surface area contributed by atoms with Gasteiger partial charge in [0.15, 0.2) is 11.6 Å². The summed E-state index contributed by atoms with van der Waals surface area (Å²) >= 11 is 0. The number of likely N-dealkylation sites (tertiary alicyclic amines) is 1. The fourth-order valence-electron chi connectivity index (χ4n) is 3.84. The molecule has 0 unspecified atom stereocenters. The number of hydrogen-bond acceptors (Lipinski definition) is 4. The molecule has 5 nitrogen and oxygen atoms in total. The van der Waals surface area contributed by atoms with Crippen molar-refractivity contribution < 1.29 is 4.42 Å². The van der Waals surface area contributed by atoms with Gasteiger partial charge in [-0.3, -0.25) is 0 Å². The second kappa shape index (κ2) is 7.02. The van der Waals surface area contributed by atoms with Crippen LogP contribution in [-0.2, 0) is 0 Å². The number of piperidine rings is 1. The Balaban J connectivity index is 1.55. The maximum absolute atomic E-state index is 5.48. The van der Waals surface area contributed by atoms with Crippen molar-refractivity contribution in [2.24, 2.45) is 0 Å². The molecule has 132 valence electrons. The third kappa shape index (κ3) is 3.34. The van der Waals surface area contributed by atoms with E-state index in [1.54, 1.807) is 6.26 Å². The number of hydrogen-bond donors (Lipinski definition) is 2. The molecule has 4 rings (SSSR count). The van der Waals surface area contributed by atoms with Gasteiger partial charge in [0.25, 0.3) is 0 Å². The molecule has 0 spiro atoms. The van der Waals surface area contributed by atoms with Gasteiger partial charge in [-0.2, -0.15) is 0 Å². The SMILES string of the molecule is CNCCN1CCC(c2cc(C)c3nc(-c4ccco4)[nH]c3c2)CC1. The number of furan rings is 1. The highest BCUT2D eigenvalue weighted by Gasteiger charge is 2.21. The van der Waals surface area contributed by atoms with Gasteiger partial charge in [-0.1, -0.05) is 6.07 Å². The van der Waals surface area contributed by atoms with Gasteiger partial charge in [0.1, 0.15) is 0 Å². The van der Waals surface area contributed by atoms with Crippen LogP contribution >= 0.6 is 0 Å². The Kier molecular flexibility index (Phi) is 4.59. The molecule has 1 aliphatic rings. The first-order valence-electron chi connectivity index (χ1n) is 9.15. The Morgan fingerprint density at radius 3 is 2.88 bits per heavy atom. The van der Waals surface area contributed by atoms with Crippen LogP contribution < -0.4 is 5.32 Å². The Morgan fingerprint density at radius 1 is 1.32 bits per heavy atom. The maximum Gasteiger partial charge on any atom is 0.174 e. The zero-order chi connectivity index (χ0) is 17.2. The van der Waals surface area contributed by atoms with Crippen molar-refractivity contribution in [3.63, 3.8) is 0 Å². The topological polar surface area (TPSA) is 57.1 Å². The molecule has 3 heterocycles. The number of rotatable bonds is 5. The molecule has 0 amide bonds. The lowest BCUT2D eigenvalue weighted by Gasteiger charge is -2.32. The lowest BCUT2D eigenvalue weighted by Crippen LogP contribution is -2.37. The normalized spacial score (nSPS) is 16.7. The average molecular weight is 338 g/mol. The van der Waals surface area contributed by atoms with Gasteiger partial charge in [-0.05, 0) is 75.1 Å². The van der Waals surface area contributed by atoms with Crippen molar-refractivity contribution in [1.29, 1.82) is 0 Å². The fourth-order valence-corrected chi connectivity index (χ4v) is 3.84. The summed E-state index contributed by atoms with van der Waals surface area (Å²) < 4.78 is 5.48. The van der Waals surface area contributed by atoms with Crippen LogP contribution in [0.3, 0.4) is 0 Å². The van der Waals surface area contributed by atoms with Gasteiger partial charge in [0.2, 0.25) is 0 Å². The van der Waals surface area contributed by atoms with Crippen LogP contribution in [0.1, 0.15) is 29.9 Å². The number of nitrogens with one attached hydrogen (secondary N) is 2. The fraction of sp³-hybridized carbons (Fsp3) is 0.450. The molecule has 1 aliphatic heterocycles. The maximum atomic E-state index is 5.48. The van der Waals surface area contributed by atoms with E-state index < -0.39 is 0 Å². The first-order valence-corrected chi connectivity index (χ1v) is 9.15. The molecular formula is C20H26N4O. The van der Waals surface area contributed by atoms with E-state index in [9.17, 15) is 0 Å². The van der Waals surface area contributed by atoms with E-state index in [-0.39, 0.29) is 0 Å². The smallest absolute Gasteiger partial charge is 0.174 e. The molecule has 3 aromatic rings. The molecule has 0 atom stereocenters. The van der Waals surface area contributed by atoms with Gasteiger partial charge < -0.3 is 19.6 Å². The summed E-state index contributed by atoms with van der Waals surface area (Å²) in [5, 5.41) is 3.24. The highest BCUT2D eigenvalue weighted by atomic mass is 16.3. The quantitative estimate of drug-likeness (QED) is 0.747. The number of imidazole rings is 1. The minimum atomic E-state index is 0.643. The van der Waals surface area contributed by atoms with Crippen molar-refractivity contribution in [2.45, 2.75) is 25.7 Å². The molecule has 0 aliphatic carbocycles. The van der Waals surface area contributed by atoms with Crippen LogP contribution in [0.2, 0.25) is 0 Å². The van der Waals surface area contributed by atoms with E-state index in [1.807, 2.05) is 19.2 Å². The van der Waals surface area contributed by atoms with Gasteiger partial charge in [0.05, 0.1) is 17.3 Å². The van der Waals surface area contributed by atoms with E-state index >= 15 is 0 Å². The Morgan fingerprint density at radius 2 is 2.16 bits per heavy atom. The molecule has 2 N–H and O–H groups in total. The molecule has 0 radical (unpaired) electrons. The zero-order valence-electron chi connectivity index (χ0n) is 15.0. The summed E-state index contributed by atoms with van der Waals surface area (Å²) in [7, 11) is 2.02. The minimum absolute atomic E-state index is 0.643. The molecule has 0 saturated carbocycles. The molecule has 5 heteroatoms. The van der Waals surface area contributed by atoms with Gasteiger partial charge in [0, 0.05) is 13.1 Å². The second-order valence-corrected chi connectivity index (χ2v) is 7.02. The van der Waals surface area contributed by atoms with E-state index in [2.05, 4.69) is 34.3 Å². The average Bonchev–Trinajstić information content (AvgIpc) is 3.29. The largest absolute Gasteiger partial charge is 0.461 e. The molecular weight excluding hydrogens is 312 g/mol. The molecule has 1 aromatic carbocycles. The molecule has 25 heavy (non-hydrogen) atoms. The predicted octanol–water partition coefficient (Wildman–Crippen LogP) is 3.53. The van der Waals surface area contributed by atoms with Crippen LogP contribution in [0.15, 0.2) is 34.9 Å². The Hall–Kier alpha value is -2.11. The lowest BCUT2D eigenvalue weighted by atomic mass is 9.88. The first kappa shape index (κ1) is 16.4. The molecule has 1 fully saturated rings. The van der Waals surface area contributed by atoms with Crippen LogP contribution in [0.5, 0.6) is 0 Å². The number of aryl methyl sites for hydroxylation is 1. The number of aromatic nitrogens is 2. The molecule has 2 aromatic heterocycles. The number of nitrogens with zero attached hydrogens (tertiary/aromatic N) is 2. The Bertz CT molecular complexity index is 829. The van der Waals surface area contributed by atoms with Crippen LogP contribution in [-0.4, -0.2) is 48.1 Å². The summed E-state index contributed by atoms with van der Waals surface area (Å²) in [6.07, 6.45) is 4.14. The summed E-state index contributed by atoms with van der Waals surface area (Å²) in [6, 6.07) is 8.44. The van der Waals surface area contributed by atoms with Crippen LogP contribution in [0.25, 0.3) is 22.6 Å². The first-order chi connectivity index (χ1) is 12.2. The number of benzene rings is 1. The van der Waals surface area contributed by atoms with E-state index in [4.69, 9.17) is 9.40 Å². The minimum Gasteiger partial charge on any atom is -0.461 e. The summed E-state index contributed by atoms with van der Waals surface area (Å²) in [6.45, 7) is 6.74. The summed E-state index contributed by atoms with van der Waals surface area (Å²) in [5.74, 6) is 2.24. The van der Waals surface area contributed by atoms with Crippen molar-refractivity contribution in [2.75, 3.05) is 33.2 Å². The van der Waals surface area contributed by atoms with Crippen molar-refractivity contribution in [1.82, 2.24) is 20.2 Å². The standard InChI is InChI=1S/C20H26N4O/c1-14-12-16(15-5-8-24(9-6-15)10-7-21-2)13-17-19(14)23-20(22-17)18-4-3-11-25-18/h3-4,11-13,15,21H,5-10H2,1-2H3,(H,22,23). The number of fused-ring (bicyclic) bond motifs is 1. The highest BCUT2D eigenvalue weighted by molar-refractivity contribution is 5.82. The zero-order valence-corrected chi connectivity index (χ0v) is 15.0. The van der Waals surface area contributed by atoms with E-state index in [0.717, 1.165) is 35.7 Å². The van der Waals surface area contributed by atoms with Crippen molar-refractivity contribution in [3.8, 4) is 11.6 Å². The summed E-state index contributed by atoms with van der Waals surface area (Å²) in [5.41, 5.74) is 4.83.